The van der Waals surface area contributed by atoms with Crippen LogP contribution in [0, 0.1) is 5.92 Å². The Kier molecular flexibility index (Phi) is 6.71. The van der Waals surface area contributed by atoms with E-state index in [1.807, 2.05) is 4.90 Å². The van der Waals surface area contributed by atoms with Crippen molar-refractivity contribution >= 4 is 23.4 Å². The van der Waals surface area contributed by atoms with Gasteiger partial charge in [0.25, 0.3) is 0 Å². The van der Waals surface area contributed by atoms with Gasteiger partial charge >= 0.3 is 18.3 Å². The molecule has 0 amide bonds. The maximum atomic E-state index is 13.4. The third kappa shape index (κ3) is 5.39. The van der Waals surface area contributed by atoms with E-state index in [1.165, 1.54) is 17.9 Å². The molecule has 1 saturated heterocycles. The van der Waals surface area contributed by atoms with Crippen molar-refractivity contribution in [3.63, 3.8) is 0 Å². The normalized spacial score (nSPS) is 23.5. The molecule has 0 saturated carbocycles. The number of hydroxylamine groups is 1. The number of rotatable bonds is 4. The van der Waals surface area contributed by atoms with Gasteiger partial charge in [-0.2, -0.15) is 31.4 Å². The first-order valence-electron chi connectivity index (χ1n) is 10.8. The average molecular weight is 504 g/mol. The Morgan fingerprint density at radius 1 is 0.971 bits per heavy atom. The minimum Gasteiger partial charge on any atom is -0.381 e. The SMILES string of the molecule is CC1N=C(C(F)(F)F)ON[C@@H](N(c2cc(C(F)(F)F)cnn2)c2ccc(N3CCCC3)nn2)[C@@H]1C. The van der Waals surface area contributed by atoms with Crippen LogP contribution in [0.1, 0.15) is 32.3 Å². The predicted molar refractivity (Wildman–Crippen MR) is 113 cm³/mol. The van der Waals surface area contributed by atoms with Crippen LogP contribution in [0.25, 0.3) is 0 Å². The lowest BCUT2D eigenvalue weighted by Crippen LogP contribution is -2.50. The van der Waals surface area contributed by atoms with Crippen molar-refractivity contribution in [1.82, 2.24) is 25.9 Å². The third-order valence-corrected chi connectivity index (χ3v) is 5.91. The summed E-state index contributed by atoms with van der Waals surface area (Å²) in [5.41, 5.74) is 1.20. The summed E-state index contributed by atoms with van der Waals surface area (Å²) in [6.07, 6.45) is -8.20. The lowest BCUT2D eigenvalue weighted by atomic mass is 9.99. The number of anilines is 3. The van der Waals surface area contributed by atoms with Gasteiger partial charge in [0, 0.05) is 19.0 Å². The van der Waals surface area contributed by atoms with Crippen LogP contribution in [0.2, 0.25) is 0 Å². The smallest absolute Gasteiger partial charge is 0.381 e. The highest BCUT2D eigenvalue weighted by molar-refractivity contribution is 5.82. The van der Waals surface area contributed by atoms with Crippen LogP contribution in [-0.2, 0) is 11.0 Å². The monoisotopic (exact) mass is 504 g/mol. The molecule has 0 bridgehead atoms. The summed E-state index contributed by atoms with van der Waals surface area (Å²) in [4.78, 5) is 11.5. The van der Waals surface area contributed by atoms with E-state index in [2.05, 4.69) is 30.9 Å². The fraction of sp³-hybridized carbons (Fsp3) is 0.550. The second-order valence-corrected chi connectivity index (χ2v) is 8.31. The zero-order valence-corrected chi connectivity index (χ0v) is 18.7. The Hall–Kier alpha value is -3.23. The Bertz CT molecular complexity index is 1050. The number of alkyl halides is 6. The van der Waals surface area contributed by atoms with Gasteiger partial charge in [0.1, 0.15) is 6.17 Å². The van der Waals surface area contributed by atoms with Crippen molar-refractivity contribution in [1.29, 1.82) is 0 Å². The second-order valence-electron chi connectivity index (χ2n) is 8.31. The molecule has 1 unspecified atom stereocenters. The minimum atomic E-state index is -4.87. The molecule has 2 aromatic rings. The number of hydrogen-bond acceptors (Lipinski definition) is 9. The Morgan fingerprint density at radius 2 is 1.69 bits per heavy atom. The van der Waals surface area contributed by atoms with Crippen molar-refractivity contribution in [2.24, 2.45) is 10.9 Å². The highest BCUT2D eigenvalue weighted by Gasteiger charge is 2.44. The number of nitrogens with zero attached hydrogens (tertiary/aromatic N) is 7. The van der Waals surface area contributed by atoms with Crippen LogP contribution < -0.4 is 15.3 Å². The van der Waals surface area contributed by atoms with E-state index in [9.17, 15) is 26.3 Å². The molecular weight excluding hydrogens is 482 g/mol. The average Bonchev–Trinajstić information content (AvgIpc) is 3.29. The molecule has 0 aliphatic carbocycles. The highest BCUT2D eigenvalue weighted by atomic mass is 19.4. The van der Waals surface area contributed by atoms with E-state index in [-0.39, 0.29) is 11.6 Å². The molecule has 0 aromatic carbocycles. The molecule has 0 spiro atoms. The van der Waals surface area contributed by atoms with E-state index < -0.39 is 41.9 Å². The van der Waals surface area contributed by atoms with Gasteiger partial charge in [-0.05, 0) is 38.0 Å². The summed E-state index contributed by atoms with van der Waals surface area (Å²) >= 11 is 0. The molecule has 2 aliphatic heterocycles. The van der Waals surface area contributed by atoms with Gasteiger partial charge < -0.3 is 9.74 Å². The maximum Gasteiger partial charge on any atom is 0.470 e. The van der Waals surface area contributed by atoms with Crippen molar-refractivity contribution in [2.75, 3.05) is 22.9 Å². The summed E-state index contributed by atoms with van der Waals surface area (Å²) in [5.74, 6) is -1.89. The van der Waals surface area contributed by atoms with E-state index in [4.69, 9.17) is 4.84 Å². The maximum absolute atomic E-state index is 13.4. The second kappa shape index (κ2) is 9.43. The molecule has 4 rings (SSSR count). The predicted octanol–water partition coefficient (Wildman–Crippen LogP) is 3.87. The van der Waals surface area contributed by atoms with Crippen LogP contribution >= 0.6 is 0 Å². The summed E-state index contributed by atoms with van der Waals surface area (Å²) < 4.78 is 80.0. The minimum absolute atomic E-state index is 0.0391. The zero-order chi connectivity index (χ0) is 25.4. The van der Waals surface area contributed by atoms with Crippen LogP contribution in [0.15, 0.2) is 29.4 Å². The summed E-state index contributed by atoms with van der Waals surface area (Å²) in [5, 5.41) is 15.6. The third-order valence-electron chi connectivity index (χ3n) is 5.91. The topological polar surface area (TPSA) is 91.7 Å². The van der Waals surface area contributed by atoms with Gasteiger partial charge in [0.15, 0.2) is 17.5 Å². The first-order valence-corrected chi connectivity index (χ1v) is 10.8. The van der Waals surface area contributed by atoms with Crippen molar-refractivity contribution < 1.29 is 31.2 Å². The molecule has 190 valence electrons. The van der Waals surface area contributed by atoms with Gasteiger partial charge in [-0.15, -0.1) is 20.8 Å². The van der Waals surface area contributed by atoms with Gasteiger partial charge in [0.05, 0.1) is 17.8 Å². The van der Waals surface area contributed by atoms with Crippen LogP contribution in [0.3, 0.4) is 0 Å². The van der Waals surface area contributed by atoms with E-state index in [0.29, 0.717) is 12.0 Å². The van der Waals surface area contributed by atoms with Crippen molar-refractivity contribution in [2.45, 2.75) is 51.2 Å². The fourth-order valence-electron chi connectivity index (χ4n) is 3.83. The Morgan fingerprint density at radius 3 is 2.29 bits per heavy atom. The Labute approximate surface area is 196 Å². The zero-order valence-electron chi connectivity index (χ0n) is 18.7. The van der Waals surface area contributed by atoms with E-state index >= 15 is 0 Å². The molecule has 15 heteroatoms. The van der Waals surface area contributed by atoms with E-state index in [1.54, 1.807) is 13.0 Å². The van der Waals surface area contributed by atoms with Gasteiger partial charge in [-0.1, -0.05) is 6.92 Å². The molecule has 9 nitrogen and oxygen atoms in total. The summed E-state index contributed by atoms with van der Waals surface area (Å²) in [6.45, 7) is 4.61. The molecule has 3 atom stereocenters. The molecule has 1 N–H and O–H groups in total. The Balaban J connectivity index is 1.75. The molecule has 4 heterocycles. The molecule has 0 radical (unpaired) electrons. The molecule has 1 fully saturated rings. The number of halogens is 6. The summed E-state index contributed by atoms with van der Waals surface area (Å²) in [7, 11) is 0. The van der Waals surface area contributed by atoms with Crippen LogP contribution in [0.4, 0.5) is 43.8 Å². The molecule has 35 heavy (non-hydrogen) atoms. The number of nitrogens with one attached hydrogen (secondary N) is 1. The van der Waals surface area contributed by atoms with Gasteiger partial charge in [-0.3, -0.25) is 4.90 Å². The van der Waals surface area contributed by atoms with E-state index in [0.717, 1.165) is 32.0 Å². The first kappa shape index (κ1) is 24.9. The quantitative estimate of drug-likeness (QED) is 0.628. The number of aliphatic imine (C=N–C) groups is 1. The highest BCUT2D eigenvalue weighted by Crippen LogP contribution is 2.35. The van der Waals surface area contributed by atoms with Crippen molar-refractivity contribution in [3.8, 4) is 0 Å². The molecule has 2 aliphatic rings. The van der Waals surface area contributed by atoms with Crippen LogP contribution in [-0.4, -0.2) is 57.8 Å². The van der Waals surface area contributed by atoms with Gasteiger partial charge in [0.2, 0.25) is 0 Å². The van der Waals surface area contributed by atoms with Crippen molar-refractivity contribution in [3.05, 3.63) is 30.0 Å². The number of hydrogen-bond donors (Lipinski definition) is 1. The first-order chi connectivity index (χ1) is 16.4. The number of aromatic nitrogens is 4. The molecular formula is C20H22F6N8O. The largest absolute Gasteiger partial charge is 0.470 e. The fourth-order valence-corrected chi connectivity index (χ4v) is 3.83. The lowest BCUT2D eigenvalue weighted by molar-refractivity contribution is -0.137. The lowest BCUT2D eigenvalue weighted by Gasteiger charge is -2.35. The van der Waals surface area contributed by atoms with Crippen LogP contribution in [0.5, 0.6) is 0 Å². The molecule has 2 aromatic heterocycles. The standard InChI is InChI=1S/C20H22F6N8O/c1-11-12(2)28-18(20(24,25)26)35-32-17(11)34(16-9-13(10-27-29-16)19(21,22)23)15-6-5-14(30-31-15)33-7-3-4-8-33/h5-6,9-12,17,32H,3-4,7-8H2,1-2H3/t11-,12?,17+/m1/s1. The van der Waals surface area contributed by atoms with Gasteiger partial charge in [-0.25, -0.2) is 4.99 Å². The summed E-state index contributed by atoms with van der Waals surface area (Å²) in [6, 6.07) is 2.96.